The molecule has 0 fully saturated rings. The van der Waals surface area contributed by atoms with Gasteiger partial charge in [-0.3, -0.25) is 9.59 Å². The minimum Gasteiger partial charge on any atom is -0.497 e. The van der Waals surface area contributed by atoms with Gasteiger partial charge in [-0.25, -0.2) is 0 Å². The van der Waals surface area contributed by atoms with Crippen LogP contribution in [0.15, 0.2) is 53.7 Å². The highest BCUT2D eigenvalue weighted by Gasteiger charge is 2.39. The number of hydrogen-bond donors (Lipinski definition) is 1. The molecular weight excluding hydrogens is 390 g/mol. The van der Waals surface area contributed by atoms with Crippen molar-refractivity contribution in [2.75, 3.05) is 14.2 Å². The summed E-state index contributed by atoms with van der Waals surface area (Å²) in [6, 6.07) is 13.0. The highest BCUT2D eigenvalue weighted by Crippen LogP contribution is 2.45. The summed E-state index contributed by atoms with van der Waals surface area (Å²) in [5, 5.41) is 3.51. The molecule has 2 atom stereocenters. The van der Waals surface area contributed by atoms with E-state index in [0.29, 0.717) is 40.6 Å². The Kier molecular flexibility index (Phi) is 5.33. The molecule has 0 bridgehead atoms. The van der Waals surface area contributed by atoms with Crippen molar-refractivity contribution < 1.29 is 19.1 Å². The SMILES string of the molecule is COc1ccc(OC)c([C@@H]2CC(=O)C3=C(C2)NC(=O)C[C@H]3c2ccccc2Cl)c1. The van der Waals surface area contributed by atoms with E-state index < -0.39 is 0 Å². The number of Topliss-reactive ketones (excluding diaryl/α,β-unsaturated/α-hetero) is 1. The zero-order valence-electron chi connectivity index (χ0n) is 16.3. The minimum absolute atomic E-state index is 0.0334. The summed E-state index contributed by atoms with van der Waals surface area (Å²) in [5.74, 6) is 0.933. The fraction of sp³-hybridized carbons (Fsp3) is 0.304. The molecule has 1 aliphatic heterocycles. The number of ether oxygens (including phenoxy) is 2. The molecule has 1 amide bonds. The van der Waals surface area contributed by atoms with Crippen molar-refractivity contribution in [1.82, 2.24) is 5.32 Å². The normalized spacial score (nSPS) is 21.5. The molecule has 2 aromatic carbocycles. The van der Waals surface area contributed by atoms with Gasteiger partial charge in [-0.15, -0.1) is 0 Å². The number of carbonyl (C=O) groups excluding carboxylic acids is 2. The van der Waals surface area contributed by atoms with E-state index in [1.807, 2.05) is 36.4 Å². The number of nitrogens with one attached hydrogen (secondary N) is 1. The Labute approximate surface area is 174 Å². The van der Waals surface area contributed by atoms with Gasteiger partial charge in [0.2, 0.25) is 5.91 Å². The van der Waals surface area contributed by atoms with Crippen LogP contribution in [0, 0.1) is 0 Å². The lowest BCUT2D eigenvalue weighted by molar-refractivity contribution is -0.122. The molecular formula is C23H22ClNO4. The molecule has 0 radical (unpaired) electrons. The third-order valence-corrected chi connectivity index (χ3v) is 6.04. The molecule has 2 aliphatic rings. The molecule has 0 unspecified atom stereocenters. The quantitative estimate of drug-likeness (QED) is 0.811. The van der Waals surface area contributed by atoms with E-state index in [4.69, 9.17) is 21.1 Å². The van der Waals surface area contributed by atoms with Crippen LogP contribution in [0.25, 0.3) is 0 Å². The molecule has 0 aromatic heterocycles. The standard InChI is InChI=1S/C23H22ClNO4/c1-28-14-7-8-21(29-2)16(11-14)13-9-19-23(20(26)10-13)17(12-22(27)25-19)15-5-3-4-6-18(15)24/h3-8,11,13,17H,9-10,12H2,1-2H3,(H,25,27)/t13-,17-/m0/s1. The van der Waals surface area contributed by atoms with Crippen LogP contribution in [0.5, 0.6) is 11.5 Å². The number of carbonyl (C=O) groups is 2. The van der Waals surface area contributed by atoms with Gasteiger partial charge in [-0.05, 0) is 36.2 Å². The van der Waals surface area contributed by atoms with Crippen LogP contribution in [0.3, 0.4) is 0 Å². The van der Waals surface area contributed by atoms with Crippen molar-refractivity contribution >= 4 is 23.3 Å². The van der Waals surface area contributed by atoms with E-state index in [0.717, 1.165) is 11.1 Å². The molecule has 0 spiro atoms. The smallest absolute Gasteiger partial charge is 0.225 e. The third kappa shape index (κ3) is 3.62. The maximum atomic E-state index is 13.2. The highest BCUT2D eigenvalue weighted by atomic mass is 35.5. The number of rotatable bonds is 4. The Bertz CT molecular complexity index is 1010. The molecule has 0 saturated heterocycles. The zero-order valence-corrected chi connectivity index (χ0v) is 17.1. The average molecular weight is 412 g/mol. The summed E-state index contributed by atoms with van der Waals surface area (Å²) in [4.78, 5) is 25.7. The maximum absolute atomic E-state index is 13.2. The van der Waals surface area contributed by atoms with E-state index in [9.17, 15) is 9.59 Å². The fourth-order valence-electron chi connectivity index (χ4n) is 4.36. The molecule has 4 rings (SSSR count). The number of amides is 1. The number of hydrogen-bond acceptors (Lipinski definition) is 4. The van der Waals surface area contributed by atoms with Crippen molar-refractivity contribution in [3.8, 4) is 11.5 Å². The van der Waals surface area contributed by atoms with Crippen LogP contribution in [0.1, 0.15) is 42.2 Å². The first kappa shape index (κ1) is 19.5. The van der Waals surface area contributed by atoms with Gasteiger partial charge < -0.3 is 14.8 Å². The number of benzene rings is 2. The first-order chi connectivity index (χ1) is 14.0. The molecule has 2 aromatic rings. The van der Waals surface area contributed by atoms with Crippen molar-refractivity contribution in [2.24, 2.45) is 0 Å². The third-order valence-electron chi connectivity index (χ3n) is 5.69. The molecule has 29 heavy (non-hydrogen) atoms. The molecule has 5 nitrogen and oxygen atoms in total. The van der Waals surface area contributed by atoms with E-state index in [1.54, 1.807) is 20.3 Å². The van der Waals surface area contributed by atoms with Gasteiger partial charge >= 0.3 is 0 Å². The molecule has 6 heteroatoms. The van der Waals surface area contributed by atoms with Gasteiger partial charge in [0.05, 0.1) is 14.2 Å². The van der Waals surface area contributed by atoms with Crippen LogP contribution in [-0.2, 0) is 9.59 Å². The van der Waals surface area contributed by atoms with E-state index in [-0.39, 0.29) is 29.9 Å². The Hall–Kier alpha value is -2.79. The Morgan fingerprint density at radius 2 is 1.76 bits per heavy atom. The van der Waals surface area contributed by atoms with Gasteiger partial charge in [0, 0.05) is 46.5 Å². The number of allylic oxidation sites excluding steroid dienone is 2. The van der Waals surface area contributed by atoms with E-state index in [1.165, 1.54) is 0 Å². The van der Waals surface area contributed by atoms with Gasteiger partial charge in [-0.2, -0.15) is 0 Å². The topological polar surface area (TPSA) is 64.6 Å². The van der Waals surface area contributed by atoms with Crippen molar-refractivity contribution in [1.29, 1.82) is 0 Å². The summed E-state index contributed by atoms with van der Waals surface area (Å²) in [6.07, 6.45) is 1.12. The first-order valence-electron chi connectivity index (χ1n) is 9.54. The second kappa shape index (κ2) is 7.91. The van der Waals surface area contributed by atoms with Crippen LogP contribution in [0.2, 0.25) is 5.02 Å². The van der Waals surface area contributed by atoms with Crippen LogP contribution >= 0.6 is 11.6 Å². The molecule has 1 N–H and O–H groups in total. The summed E-state index contributed by atoms with van der Waals surface area (Å²) in [7, 11) is 3.21. The lowest BCUT2D eigenvalue weighted by Crippen LogP contribution is -2.38. The summed E-state index contributed by atoms with van der Waals surface area (Å²) in [6.45, 7) is 0. The molecule has 0 saturated carbocycles. The van der Waals surface area contributed by atoms with Gasteiger partial charge in [0.15, 0.2) is 5.78 Å². The number of halogens is 1. The Morgan fingerprint density at radius 3 is 2.48 bits per heavy atom. The highest BCUT2D eigenvalue weighted by molar-refractivity contribution is 6.31. The molecule has 150 valence electrons. The zero-order chi connectivity index (χ0) is 20.5. The average Bonchev–Trinajstić information content (AvgIpc) is 2.72. The number of ketones is 1. The monoisotopic (exact) mass is 411 g/mol. The Balaban J connectivity index is 1.75. The van der Waals surface area contributed by atoms with Gasteiger partial charge in [0.25, 0.3) is 0 Å². The predicted molar refractivity (Wildman–Crippen MR) is 111 cm³/mol. The van der Waals surface area contributed by atoms with Crippen LogP contribution < -0.4 is 14.8 Å². The second-order valence-electron chi connectivity index (χ2n) is 7.35. The molecule has 1 aliphatic carbocycles. The van der Waals surface area contributed by atoms with Gasteiger partial charge in [-0.1, -0.05) is 29.8 Å². The summed E-state index contributed by atoms with van der Waals surface area (Å²) < 4.78 is 10.9. The van der Waals surface area contributed by atoms with Crippen molar-refractivity contribution in [3.05, 3.63) is 69.9 Å². The summed E-state index contributed by atoms with van der Waals surface area (Å²) >= 11 is 6.39. The summed E-state index contributed by atoms with van der Waals surface area (Å²) in [5.41, 5.74) is 3.09. The minimum atomic E-state index is -0.312. The van der Waals surface area contributed by atoms with Crippen LogP contribution in [0.4, 0.5) is 0 Å². The van der Waals surface area contributed by atoms with Crippen LogP contribution in [-0.4, -0.2) is 25.9 Å². The second-order valence-corrected chi connectivity index (χ2v) is 7.76. The fourth-order valence-corrected chi connectivity index (χ4v) is 4.63. The lowest BCUT2D eigenvalue weighted by atomic mass is 9.73. The largest absolute Gasteiger partial charge is 0.497 e. The number of methoxy groups -OCH3 is 2. The van der Waals surface area contributed by atoms with Gasteiger partial charge in [0.1, 0.15) is 11.5 Å². The van der Waals surface area contributed by atoms with E-state index in [2.05, 4.69) is 5.32 Å². The van der Waals surface area contributed by atoms with E-state index >= 15 is 0 Å². The van der Waals surface area contributed by atoms with Crippen molar-refractivity contribution in [2.45, 2.75) is 31.1 Å². The lowest BCUT2D eigenvalue weighted by Gasteiger charge is -2.35. The van der Waals surface area contributed by atoms with Crippen molar-refractivity contribution in [3.63, 3.8) is 0 Å². The predicted octanol–water partition coefficient (Wildman–Crippen LogP) is 4.36. The first-order valence-corrected chi connectivity index (χ1v) is 9.92. The molecule has 1 heterocycles. The maximum Gasteiger partial charge on any atom is 0.225 e. The Morgan fingerprint density at radius 1 is 0.966 bits per heavy atom.